The highest BCUT2D eigenvalue weighted by atomic mass is 32.2. The maximum absolute atomic E-state index is 13.3. The molecule has 2 aromatic carbocycles. The highest BCUT2D eigenvalue weighted by molar-refractivity contribution is 7.89. The van der Waals surface area contributed by atoms with Gasteiger partial charge < -0.3 is 0 Å². The highest BCUT2D eigenvalue weighted by Crippen LogP contribution is 2.36. The molecule has 4 rings (SSSR count). The van der Waals surface area contributed by atoms with Gasteiger partial charge in [0.15, 0.2) is 0 Å². The van der Waals surface area contributed by atoms with Gasteiger partial charge in [-0.25, -0.2) is 8.42 Å². The van der Waals surface area contributed by atoms with Gasteiger partial charge in [-0.2, -0.15) is 4.31 Å². The summed E-state index contributed by atoms with van der Waals surface area (Å²) in [6, 6.07) is 17.7. The van der Waals surface area contributed by atoms with E-state index in [0.717, 1.165) is 24.2 Å². The standard InChI is InChI=1S/C20H24N2O2S/c1-16-7-11-19(12-8-16)25(23,24)22-14-13-21(18-9-10-18)15-20(22)17-5-3-2-4-6-17/h2-8,11-12,18,20H,9-10,13-15H2,1H3. The first-order valence-corrected chi connectivity index (χ1v) is 10.4. The molecule has 1 saturated heterocycles. The third kappa shape index (κ3) is 3.36. The lowest BCUT2D eigenvalue weighted by atomic mass is 10.0. The van der Waals surface area contributed by atoms with Gasteiger partial charge >= 0.3 is 0 Å². The molecule has 2 aliphatic rings. The molecule has 0 amide bonds. The largest absolute Gasteiger partial charge is 0.297 e. The molecule has 1 heterocycles. The number of hydrogen-bond donors (Lipinski definition) is 0. The lowest BCUT2D eigenvalue weighted by molar-refractivity contribution is 0.129. The zero-order valence-electron chi connectivity index (χ0n) is 14.5. The Morgan fingerprint density at radius 3 is 2.24 bits per heavy atom. The van der Waals surface area contributed by atoms with Crippen molar-refractivity contribution in [1.29, 1.82) is 0 Å². The first-order chi connectivity index (χ1) is 12.1. The fraction of sp³-hybridized carbons (Fsp3) is 0.400. The van der Waals surface area contributed by atoms with E-state index in [4.69, 9.17) is 0 Å². The van der Waals surface area contributed by atoms with Crippen LogP contribution in [0, 0.1) is 6.92 Å². The van der Waals surface area contributed by atoms with Crippen LogP contribution < -0.4 is 0 Å². The number of rotatable bonds is 4. The minimum atomic E-state index is -3.50. The summed E-state index contributed by atoms with van der Waals surface area (Å²) in [5.74, 6) is 0. The van der Waals surface area contributed by atoms with Gasteiger partial charge in [-0.05, 0) is 37.5 Å². The molecule has 1 atom stereocenters. The predicted molar refractivity (Wildman–Crippen MR) is 98.8 cm³/mol. The lowest BCUT2D eigenvalue weighted by Gasteiger charge is -2.41. The van der Waals surface area contributed by atoms with Gasteiger partial charge in [0.05, 0.1) is 10.9 Å². The van der Waals surface area contributed by atoms with Crippen LogP contribution in [0.4, 0.5) is 0 Å². The summed E-state index contributed by atoms with van der Waals surface area (Å²) >= 11 is 0. The normalized spacial score (nSPS) is 22.8. The molecule has 5 heteroatoms. The Labute approximate surface area is 150 Å². The van der Waals surface area contributed by atoms with Gasteiger partial charge in [0.2, 0.25) is 10.0 Å². The van der Waals surface area contributed by atoms with Gasteiger partial charge in [-0.3, -0.25) is 4.90 Å². The zero-order valence-corrected chi connectivity index (χ0v) is 15.3. The molecule has 0 bridgehead atoms. The molecule has 4 nitrogen and oxygen atoms in total. The Balaban J connectivity index is 1.69. The van der Waals surface area contributed by atoms with Crippen LogP contribution >= 0.6 is 0 Å². The number of hydrogen-bond acceptors (Lipinski definition) is 3. The van der Waals surface area contributed by atoms with Crippen molar-refractivity contribution >= 4 is 10.0 Å². The van der Waals surface area contributed by atoms with Crippen LogP contribution in [0.25, 0.3) is 0 Å². The van der Waals surface area contributed by atoms with E-state index in [1.807, 2.05) is 49.4 Å². The van der Waals surface area contributed by atoms with Crippen LogP contribution in [0.15, 0.2) is 59.5 Å². The fourth-order valence-corrected chi connectivity index (χ4v) is 5.24. The molecule has 132 valence electrons. The Morgan fingerprint density at radius 1 is 0.920 bits per heavy atom. The molecule has 0 aromatic heterocycles. The average molecular weight is 356 g/mol. The van der Waals surface area contributed by atoms with Crippen molar-refractivity contribution in [3.63, 3.8) is 0 Å². The molecule has 1 aliphatic carbocycles. The first kappa shape index (κ1) is 16.8. The fourth-order valence-electron chi connectivity index (χ4n) is 3.64. The van der Waals surface area contributed by atoms with Crippen LogP contribution in [-0.4, -0.2) is 43.3 Å². The van der Waals surface area contributed by atoms with E-state index in [1.54, 1.807) is 16.4 Å². The molecule has 1 saturated carbocycles. The van der Waals surface area contributed by atoms with Crippen molar-refractivity contribution in [2.24, 2.45) is 0 Å². The minimum Gasteiger partial charge on any atom is -0.297 e. The average Bonchev–Trinajstić information content (AvgIpc) is 3.47. The van der Waals surface area contributed by atoms with E-state index in [2.05, 4.69) is 4.90 Å². The molecule has 2 fully saturated rings. The van der Waals surface area contributed by atoms with Crippen molar-refractivity contribution in [2.45, 2.75) is 36.7 Å². The van der Waals surface area contributed by atoms with Crippen molar-refractivity contribution < 1.29 is 8.42 Å². The van der Waals surface area contributed by atoms with Gasteiger partial charge in [0, 0.05) is 25.7 Å². The quantitative estimate of drug-likeness (QED) is 0.845. The van der Waals surface area contributed by atoms with Gasteiger partial charge in [-0.1, -0.05) is 48.0 Å². The maximum atomic E-state index is 13.3. The second kappa shape index (κ2) is 6.56. The van der Waals surface area contributed by atoms with Crippen LogP contribution in [-0.2, 0) is 10.0 Å². The van der Waals surface area contributed by atoms with Crippen molar-refractivity contribution in [1.82, 2.24) is 9.21 Å². The number of sulfonamides is 1. The van der Waals surface area contributed by atoms with Crippen molar-refractivity contribution in [3.8, 4) is 0 Å². The molecular weight excluding hydrogens is 332 g/mol. The minimum absolute atomic E-state index is 0.123. The Morgan fingerprint density at radius 2 is 1.60 bits per heavy atom. The summed E-state index contributed by atoms with van der Waals surface area (Å²) in [4.78, 5) is 2.85. The summed E-state index contributed by atoms with van der Waals surface area (Å²) in [6.07, 6.45) is 2.48. The number of nitrogens with zero attached hydrogens (tertiary/aromatic N) is 2. The summed E-state index contributed by atoms with van der Waals surface area (Å²) < 4.78 is 28.3. The van der Waals surface area contributed by atoms with E-state index >= 15 is 0 Å². The van der Waals surface area contributed by atoms with Gasteiger partial charge in [0.25, 0.3) is 0 Å². The molecule has 0 radical (unpaired) electrons. The van der Waals surface area contributed by atoms with E-state index < -0.39 is 10.0 Å². The smallest absolute Gasteiger partial charge is 0.243 e. The lowest BCUT2D eigenvalue weighted by Crippen LogP contribution is -2.51. The summed E-state index contributed by atoms with van der Waals surface area (Å²) in [6.45, 7) is 4.11. The second-order valence-electron chi connectivity index (χ2n) is 7.08. The topological polar surface area (TPSA) is 40.6 Å². The zero-order chi connectivity index (χ0) is 17.4. The molecule has 0 spiro atoms. The first-order valence-electron chi connectivity index (χ1n) is 8.93. The summed E-state index contributed by atoms with van der Waals surface area (Å²) in [7, 11) is -3.50. The molecule has 0 N–H and O–H groups in total. The van der Waals surface area contributed by atoms with E-state index in [1.165, 1.54) is 12.8 Å². The van der Waals surface area contributed by atoms with Crippen LogP contribution in [0.2, 0.25) is 0 Å². The molecular formula is C20H24N2O2S. The van der Waals surface area contributed by atoms with E-state index in [0.29, 0.717) is 17.5 Å². The molecule has 2 aromatic rings. The Kier molecular flexibility index (Phi) is 4.40. The predicted octanol–water partition coefficient (Wildman–Crippen LogP) is 3.21. The Bertz CT molecular complexity index is 830. The van der Waals surface area contributed by atoms with Crippen LogP contribution in [0.3, 0.4) is 0 Å². The number of aryl methyl sites for hydroxylation is 1. The monoisotopic (exact) mass is 356 g/mol. The molecule has 1 unspecified atom stereocenters. The van der Waals surface area contributed by atoms with Crippen molar-refractivity contribution in [2.75, 3.05) is 19.6 Å². The van der Waals surface area contributed by atoms with Gasteiger partial charge in [-0.15, -0.1) is 0 Å². The number of benzene rings is 2. The summed E-state index contributed by atoms with van der Waals surface area (Å²) in [5.41, 5.74) is 2.14. The van der Waals surface area contributed by atoms with Crippen molar-refractivity contribution in [3.05, 3.63) is 65.7 Å². The maximum Gasteiger partial charge on any atom is 0.243 e. The van der Waals surface area contributed by atoms with Crippen LogP contribution in [0.5, 0.6) is 0 Å². The van der Waals surface area contributed by atoms with E-state index in [-0.39, 0.29) is 6.04 Å². The van der Waals surface area contributed by atoms with Gasteiger partial charge in [0.1, 0.15) is 0 Å². The number of piperazine rings is 1. The third-order valence-corrected chi connectivity index (χ3v) is 7.16. The molecule has 1 aliphatic heterocycles. The van der Waals surface area contributed by atoms with Crippen LogP contribution in [0.1, 0.15) is 30.0 Å². The SMILES string of the molecule is Cc1ccc(S(=O)(=O)N2CCN(C3CC3)CC2c2ccccc2)cc1. The van der Waals surface area contributed by atoms with E-state index in [9.17, 15) is 8.42 Å². The molecule has 25 heavy (non-hydrogen) atoms. The highest BCUT2D eigenvalue weighted by Gasteiger charge is 2.40. The second-order valence-corrected chi connectivity index (χ2v) is 8.97. The summed E-state index contributed by atoms with van der Waals surface area (Å²) in [5, 5.41) is 0. The Hall–Kier alpha value is -1.69. The third-order valence-electron chi connectivity index (χ3n) is 5.24.